The van der Waals surface area contributed by atoms with Gasteiger partial charge in [0, 0.05) is 6.07 Å². The molecule has 1 aromatic rings. The zero-order valence-electron chi connectivity index (χ0n) is 7.60. The molecule has 0 spiro atoms. The first-order valence-corrected chi connectivity index (χ1v) is 3.91. The summed E-state index contributed by atoms with van der Waals surface area (Å²) in [5, 5.41) is 18.7. The summed E-state index contributed by atoms with van der Waals surface area (Å²) >= 11 is 0. The molecule has 0 saturated heterocycles. The number of rotatable bonds is 1. The van der Waals surface area contributed by atoms with Gasteiger partial charge in [-0.1, -0.05) is 11.8 Å². The Morgan fingerprint density at radius 3 is 3.00 bits per heavy atom. The van der Waals surface area contributed by atoms with Crippen LogP contribution in [0.25, 0.3) is 0 Å². The smallest absolute Gasteiger partial charge is 0.288 e. The van der Waals surface area contributed by atoms with E-state index in [-0.39, 0.29) is 23.5 Å². The van der Waals surface area contributed by atoms with E-state index in [0.717, 1.165) is 6.20 Å². The van der Waals surface area contributed by atoms with Crippen LogP contribution in [0.2, 0.25) is 0 Å². The van der Waals surface area contributed by atoms with Gasteiger partial charge in [0.1, 0.15) is 12.0 Å². The van der Waals surface area contributed by atoms with E-state index >= 15 is 0 Å². The molecule has 0 aliphatic carbocycles. The zero-order valence-corrected chi connectivity index (χ0v) is 7.60. The molecule has 0 aliphatic heterocycles. The molecule has 1 heterocycles. The fourth-order valence-electron chi connectivity index (χ4n) is 0.843. The van der Waals surface area contributed by atoms with Crippen LogP contribution in [-0.2, 0) is 0 Å². The maximum absolute atomic E-state index is 10.4. The first-order chi connectivity index (χ1) is 7.15. The Balaban J connectivity index is 3.08. The highest BCUT2D eigenvalue weighted by Gasteiger charge is 2.08. The molecule has 6 heteroatoms. The van der Waals surface area contributed by atoms with Crippen LogP contribution in [0.15, 0.2) is 12.3 Å². The van der Waals surface area contributed by atoms with E-state index in [9.17, 15) is 10.1 Å². The van der Waals surface area contributed by atoms with Crippen LogP contribution in [-0.4, -0.2) is 9.91 Å². The van der Waals surface area contributed by atoms with Crippen molar-refractivity contribution in [2.45, 2.75) is 6.42 Å². The average Bonchev–Trinajstić information content (AvgIpc) is 2.20. The Labute approximate surface area is 85.5 Å². The molecule has 0 unspecified atom stereocenters. The van der Waals surface area contributed by atoms with Crippen molar-refractivity contribution in [3.63, 3.8) is 0 Å². The van der Waals surface area contributed by atoms with Crippen molar-refractivity contribution in [1.29, 1.82) is 5.26 Å². The lowest BCUT2D eigenvalue weighted by molar-refractivity contribution is -0.385. The van der Waals surface area contributed by atoms with Gasteiger partial charge in [0.15, 0.2) is 0 Å². The predicted octanol–water partition coefficient (Wildman–Crippen LogP) is 0.837. The molecular formula is C9H6N4O2. The highest BCUT2D eigenvalue weighted by Crippen LogP contribution is 2.15. The minimum atomic E-state index is -0.581. The van der Waals surface area contributed by atoms with Gasteiger partial charge in [-0.25, -0.2) is 4.98 Å². The topological polar surface area (TPSA) is 106 Å². The zero-order chi connectivity index (χ0) is 11.3. The van der Waals surface area contributed by atoms with Crippen LogP contribution in [0, 0.1) is 33.3 Å². The molecule has 6 nitrogen and oxygen atoms in total. The maximum Gasteiger partial charge on any atom is 0.288 e. The quantitative estimate of drug-likeness (QED) is 0.412. The first kappa shape index (κ1) is 10.5. The van der Waals surface area contributed by atoms with Crippen LogP contribution in [0.3, 0.4) is 0 Å². The van der Waals surface area contributed by atoms with Crippen molar-refractivity contribution in [3.8, 4) is 17.9 Å². The molecule has 0 aromatic carbocycles. The highest BCUT2D eigenvalue weighted by molar-refractivity contribution is 5.54. The third kappa shape index (κ3) is 2.68. The van der Waals surface area contributed by atoms with Crippen LogP contribution in [0.5, 0.6) is 0 Å². The molecule has 2 N–H and O–H groups in total. The van der Waals surface area contributed by atoms with Gasteiger partial charge in [-0.05, 0) is 0 Å². The van der Waals surface area contributed by atoms with E-state index in [0.29, 0.717) is 0 Å². The number of nitrogen functional groups attached to an aromatic ring is 1. The number of nitrogens with two attached hydrogens (primary N) is 1. The van der Waals surface area contributed by atoms with Gasteiger partial charge in [-0.2, -0.15) is 5.26 Å². The number of nitriles is 1. The molecular weight excluding hydrogens is 196 g/mol. The van der Waals surface area contributed by atoms with Crippen molar-refractivity contribution in [1.82, 2.24) is 4.98 Å². The number of aromatic nitrogens is 1. The second-order valence-corrected chi connectivity index (χ2v) is 2.52. The molecule has 74 valence electrons. The fraction of sp³-hybridized carbons (Fsp3) is 0.111. The van der Waals surface area contributed by atoms with Crippen LogP contribution in [0.1, 0.15) is 12.0 Å². The summed E-state index contributed by atoms with van der Waals surface area (Å²) in [7, 11) is 0. The Hall–Kier alpha value is -2.60. The van der Waals surface area contributed by atoms with Crippen molar-refractivity contribution in [2.75, 3.05) is 5.73 Å². The SMILES string of the molecule is N#CCC#Cc1cc([N+](=O)[O-])cnc1N. The van der Waals surface area contributed by atoms with E-state index in [1.807, 2.05) is 6.07 Å². The summed E-state index contributed by atoms with van der Waals surface area (Å²) in [6, 6.07) is 3.05. The molecule has 1 aromatic heterocycles. The lowest BCUT2D eigenvalue weighted by Gasteiger charge is -1.96. The number of pyridine rings is 1. The summed E-state index contributed by atoms with van der Waals surface area (Å²) in [6.07, 6.45) is 1.10. The maximum atomic E-state index is 10.4. The van der Waals surface area contributed by atoms with E-state index in [1.54, 1.807) is 0 Å². The second-order valence-electron chi connectivity index (χ2n) is 2.52. The minimum Gasteiger partial charge on any atom is -0.383 e. The van der Waals surface area contributed by atoms with Crippen LogP contribution in [0.4, 0.5) is 11.5 Å². The fourth-order valence-corrected chi connectivity index (χ4v) is 0.843. The number of nitro groups is 1. The highest BCUT2D eigenvalue weighted by atomic mass is 16.6. The average molecular weight is 202 g/mol. The molecule has 0 saturated carbocycles. The first-order valence-electron chi connectivity index (χ1n) is 3.91. The third-order valence-electron chi connectivity index (χ3n) is 1.51. The van der Waals surface area contributed by atoms with Gasteiger partial charge in [0.05, 0.1) is 23.0 Å². The van der Waals surface area contributed by atoms with Gasteiger partial charge in [-0.15, -0.1) is 0 Å². The van der Waals surface area contributed by atoms with Crippen molar-refractivity contribution < 1.29 is 4.92 Å². The van der Waals surface area contributed by atoms with Crippen LogP contribution >= 0.6 is 0 Å². The normalized spacial score (nSPS) is 8.47. The van der Waals surface area contributed by atoms with E-state index in [1.165, 1.54) is 6.07 Å². The van der Waals surface area contributed by atoms with E-state index < -0.39 is 4.92 Å². The van der Waals surface area contributed by atoms with Crippen molar-refractivity contribution >= 4 is 11.5 Å². The summed E-state index contributed by atoms with van der Waals surface area (Å²) in [5.74, 6) is 5.17. The van der Waals surface area contributed by atoms with Crippen LogP contribution < -0.4 is 5.73 Å². The minimum absolute atomic E-state index is 0.0438. The summed E-state index contributed by atoms with van der Waals surface area (Å²) < 4.78 is 0. The molecule has 0 fully saturated rings. The molecule has 0 aliphatic rings. The Bertz CT molecular complexity index is 493. The summed E-state index contributed by atoms with van der Waals surface area (Å²) in [6.45, 7) is 0. The van der Waals surface area contributed by atoms with E-state index in [2.05, 4.69) is 16.8 Å². The van der Waals surface area contributed by atoms with Gasteiger partial charge < -0.3 is 5.73 Å². The molecule has 1 rings (SSSR count). The van der Waals surface area contributed by atoms with E-state index in [4.69, 9.17) is 11.0 Å². The number of nitrogens with zero attached hydrogens (tertiary/aromatic N) is 3. The lowest BCUT2D eigenvalue weighted by atomic mass is 10.2. The summed E-state index contributed by atoms with van der Waals surface area (Å²) in [4.78, 5) is 13.5. The number of hydrogen-bond donors (Lipinski definition) is 1. The molecule has 0 radical (unpaired) electrons. The molecule has 0 amide bonds. The van der Waals surface area contributed by atoms with Crippen molar-refractivity contribution in [2.24, 2.45) is 0 Å². The number of hydrogen-bond acceptors (Lipinski definition) is 5. The third-order valence-corrected chi connectivity index (χ3v) is 1.51. The molecule has 15 heavy (non-hydrogen) atoms. The molecule has 0 atom stereocenters. The van der Waals surface area contributed by atoms with Gasteiger partial charge >= 0.3 is 0 Å². The molecule has 0 bridgehead atoms. The number of anilines is 1. The largest absolute Gasteiger partial charge is 0.383 e. The van der Waals surface area contributed by atoms with Crippen molar-refractivity contribution in [3.05, 3.63) is 27.9 Å². The Morgan fingerprint density at radius 2 is 2.40 bits per heavy atom. The summed E-state index contributed by atoms with van der Waals surface area (Å²) in [5.41, 5.74) is 5.54. The predicted molar refractivity (Wildman–Crippen MR) is 52.4 cm³/mol. The standard InChI is InChI=1S/C9H6N4O2/c10-4-2-1-3-7-5-8(13(14)15)6-12-9(7)11/h5-6H,2H2,(H2,11,12). The van der Waals surface area contributed by atoms with Gasteiger partial charge in [0.25, 0.3) is 5.69 Å². The monoisotopic (exact) mass is 202 g/mol. The lowest BCUT2D eigenvalue weighted by Crippen LogP contribution is -1.97. The van der Waals surface area contributed by atoms with Gasteiger partial charge in [-0.3, -0.25) is 10.1 Å². The Kier molecular flexibility index (Phi) is 3.20. The second kappa shape index (κ2) is 4.58. The Morgan fingerprint density at radius 1 is 1.67 bits per heavy atom. The van der Waals surface area contributed by atoms with Gasteiger partial charge in [0.2, 0.25) is 0 Å².